The van der Waals surface area contributed by atoms with Gasteiger partial charge in [-0.25, -0.2) is 0 Å². The number of allylic oxidation sites excluding steroid dienone is 2. The lowest BCUT2D eigenvalue weighted by Gasteiger charge is -2.45. The molecule has 2 aliphatic rings. The molecule has 2 N–H and O–H groups in total. The van der Waals surface area contributed by atoms with Crippen LogP contribution in [0.3, 0.4) is 0 Å². The van der Waals surface area contributed by atoms with Crippen molar-refractivity contribution >= 4 is 0 Å². The fourth-order valence-electron chi connectivity index (χ4n) is 4.07. The molecule has 0 spiro atoms. The molecule has 1 aromatic heterocycles. The van der Waals surface area contributed by atoms with Gasteiger partial charge in [0.05, 0.1) is 35.9 Å². The standard InChI is InChI=1S/C19H19N5O/c1-2-5-24-6-3-14-15(8-20)18(23)19(11-21,12-22)17(16(14)9-24)13-4-7-25-10-13/h3-4,7,10,16-17H,2,5-6,9,23H2,1H3/t16-,17+/m0/s1. The second-order valence-corrected chi connectivity index (χ2v) is 6.49. The summed E-state index contributed by atoms with van der Waals surface area (Å²) in [6, 6.07) is 8.14. The third kappa shape index (κ3) is 2.41. The molecule has 0 bridgehead atoms. The molecular weight excluding hydrogens is 314 g/mol. The summed E-state index contributed by atoms with van der Waals surface area (Å²) in [4.78, 5) is 2.28. The number of nitriles is 3. The molecule has 0 fully saturated rings. The van der Waals surface area contributed by atoms with Gasteiger partial charge in [0.15, 0.2) is 5.41 Å². The maximum absolute atomic E-state index is 9.89. The van der Waals surface area contributed by atoms with E-state index in [0.717, 1.165) is 30.6 Å². The molecule has 0 amide bonds. The van der Waals surface area contributed by atoms with Crippen LogP contribution in [0.5, 0.6) is 0 Å². The van der Waals surface area contributed by atoms with Crippen molar-refractivity contribution in [3.05, 3.63) is 47.1 Å². The first-order valence-corrected chi connectivity index (χ1v) is 8.30. The van der Waals surface area contributed by atoms with E-state index >= 15 is 0 Å². The Kier molecular flexibility index (Phi) is 4.36. The zero-order valence-corrected chi connectivity index (χ0v) is 14.1. The highest BCUT2D eigenvalue weighted by atomic mass is 16.3. The molecule has 6 heteroatoms. The third-order valence-electron chi connectivity index (χ3n) is 5.18. The molecule has 1 aliphatic heterocycles. The number of nitrogens with zero attached hydrogens (tertiary/aromatic N) is 4. The SMILES string of the molecule is CCCN1CC=C2C(C#N)=C(N)C(C#N)(C#N)[C@H](c3ccoc3)[C@H]2C1. The first kappa shape index (κ1) is 16.8. The van der Waals surface area contributed by atoms with Crippen LogP contribution in [0, 0.1) is 45.3 Å². The topological polar surface area (TPSA) is 114 Å². The molecule has 0 radical (unpaired) electrons. The zero-order valence-electron chi connectivity index (χ0n) is 14.1. The highest BCUT2D eigenvalue weighted by Gasteiger charge is 2.54. The lowest BCUT2D eigenvalue weighted by Crippen LogP contribution is -2.48. The summed E-state index contributed by atoms with van der Waals surface area (Å²) < 4.78 is 5.22. The molecule has 0 unspecified atom stereocenters. The number of furan rings is 1. The molecule has 0 saturated carbocycles. The van der Waals surface area contributed by atoms with E-state index in [2.05, 4.69) is 30.0 Å². The van der Waals surface area contributed by atoms with E-state index in [1.807, 2.05) is 6.08 Å². The Balaban J connectivity index is 2.24. The summed E-state index contributed by atoms with van der Waals surface area (Å²) in [6.45, 7) is 4.45. The Morgan fingerprint density at radius 1 is 1.36 bits per heavy atom. The smallest absolute Gasteiger partial charge is 0.191 e. The van der Waals surface area contributed by atoms with Gasteiger partial charge >= 0.3 is 0 Å². The van der Waals surface area contributed by atoms with Crippen molar-refractivity contribution in [3.8, 4) is 18.2 Å². The summed E-state index contributed by atoms with van der Waals surface area (Å²) >= 11 is 0. The van der Waals surface area contributed by atoms with Crippen LogP contribution in [0.15, 0.2) is 45.9 Å². The minimum atomic E-state index is -1.58. The molecule has 2 atom stereocenters. The van der Waals surface area contributed by atoms with Crippen LogP contribution in [0.1, 0.15) is 24.8 Å². The van der Waals surface area contributed by atoms with Crippen molar-refractivity contribution in [1.29, 1.82) is 15.8 Å². The fraction of sp³-hybridized carbons (Fsp3) is 0.421. The predicted octanol–water partition coefficient (Wildman–Crippen LogP) is 2.41. The molecular formula is C19H19N5O. The van der Waals surface area contributed by atoms with E-state index in [0.29, 0.717) is 6.54 Å². The van der Waals surface area contributed by atoms with E-state index in [4.69, 9.17) is 10.2 Å². The van der Waals surface area contributed by atoms with Gasteiger partial charge in [-0.05, 0) is 30.2 Å². The molecule has 3 rings (SSSR count). The monoisotopic (exact) mass is 333 g/mol. The van der Waals surface area contributed by atoms with E-state index in [1.165, 1.54) is 6.26 Å². The Bertz CT molecular complexity index is 830. The maximum atomic E-state index is 9.89. The first-order chi connectivity index (χ1) is 12.1. The second kappa shape index (κ2) is 6.48. The van der Waals surface area contributed by atoms with E-state index < -0.39 is 11.3 Å². The first-order valence-electron chi connectivity index (χ1n) is 8.30. The van der Waals surface area contributed by atoms with Gasteiger partial charge in [-0.3, -0.25) is 4.90 Å². The Morgan fingerprint density at radius 3 is 2.68 bits per heavy atom. The number of nitrogens with two attached hydrogens (primary N) is 1. The largest absolute Gasteiger partial charge is 0.472 e. The molecule has 1 aromatic rings. The summed E-state index contributed by atoms with van der Waals surface area (Å²) in [6.07, 6.45) is 6.12. The summed E-state index contributed by atoms with van der Waals surface area (Å²) in [7, 11) is 0. The van der Waals surface area contributed by atoms with Gasteiger partial charge < -0.3 is 10.2 Å². The van der Waals surface area contributed by atoms with Crippen LogP contribution in [0.4, 0.5) is 0 Å². The number of hydrogen-bond acceptors (Lipinski definition) is 6. The highest BCUT2D eigenvalue weighted by Crippen LogP contribution is 2.54. The molecule has 0 aromatic carbocycles. The van der Waals surface area contributed by atoms with Crippen molar-refractivity contribution < 1.29 is 4.42 Å². The van der Waals surface area contributed by atoms with Gasteiger partial charge in [-0.1, -0.05) is 13.0 Å². The fourth-order valence-corrected chi connectivity index (χ4v) is 4.07. The molecule has 126 valence electrons. The lowest BCUT2D eigenvalue weighted by molar-refractivity contribution is 0.207. The second-order valence-electron chi connectivity index (χ2n) is 6.49. The number of rotatable bonds is 3. The van der Waals surface area contributed by atoms with Crippen LogP contribution >= 0.6 is 0 Å². The van der Waals surface area contributed by atoms with Gasteiger partial charge in [-0.15, -0.1) is 0 Å². The average molecular weight is 333 g/mol. The van der Waals surface area contributed by atoms with Crippen molar-refractivity contribution in [3.63, 3.8) is 0 Å². The van der Waals surface area contributed by atoms with Crippen LogP contribution in [-0.4, -0.2) is 24.5 Å². The number of fused-ring (bicyclic) bond motifs is 1. The Labute approximate surface area is 147 Å². The molecule has 25 heavy (non-hydrogen) atoms. The minimum Gasteiger partial charge on any atom is -0.472 e. The van der Waals surface area contributed by atoms with Crippen LogP contribution < -0.4 is 5.73 Å². The molecule has 6 nitrogen and oxygen atoms in total. The predicted molar refractivity (Wildman–Crippen MR) is 90.2 cm³/mol. The maximum Gasteiger partial charge on any atom is 0.191 e. The number of hydrogen-bond donors (Lipinski definition) is 1. The normalized spacial score (nSPS) is 25.3. The minimum absolute atomic E-state index is 0.0534. The summed E-state index contributed by atoms with van der Waals surface area (Å²) in [5.74, 6) is -0.622. The third-order valence-corrected chi connectivity index (χ3v) is 5.18. The van der Waals surface area contributed by atoms with E-state index in [1.54, 1.807) is 12.3 Å². The highest BCUT2D eigenvalue weighted by molar-refractivity contribution is 5.59. The van der Waals surface area contributed by atoms with Crippen LogP contribution in [-0.2, 0) is 0 Å². The van der Waals surface area contributed by atoms with E-state index in [9.17, 15) is 15.8 Å². The Morgan fingerprint density at radius 2 is 2.12 bits per heavy atom. The van der Waals surface area contributed by atoms with Gasteiger partial charge in [0.25, 0.3) is 0 Å². The molecule has 0 saturated heterocycles. The molecule has 1 aliphatic carbocycles. The van der Waals surface area contributed by atoms with Gasteiger partial charge in [0, 0.05) is 24.9 Å². The van der Waals surface area contributed by atoms with Gasteiger partial charge in [0.2, 0.25) is 0 Å². The summed E-state index contributed by atoms with van der Waals surface area (Å²) in [5, 5.41) is 29.4. The average Bonchev–Trinajstić information content (AvgIpc) is 3.15. The van der Waals surface area contributed by atoms with Crippen molar-refractivity contribution in [2.45, 2.75) is 19.3 Å². The van der Waals surface area contributed by atoms with Crippen molar-refractivity contribution in [2.75, 3.05) is 19.6 Å². The Hall–Kier alpha value is -3.01. The van der Waals surface area contributed by atoms with Gasteiger partial charge in [0.1, 0.15) is 6.07 Å². The quantitative estimate of drug-likeness (QED) is 0.908. The van der Waals surface area contributed by atoms with Crippen molar-refractivity contribution in [2.24, 2.45) is 17.1 Å². The molecule has 2 heterocycles. The summed E-state index contributed by atoms with van der Waals surface area (Å²) in [5.41, 5.74) is 6.58. The lowest BCUT2D eigenvalue weighted by atomic mass is 9.58. The van der Waals surface area contributed by atoms with Crippen LogP contribution in [0.25, 0.3) is 0 Å². The van der Waals surface area contributed by atoms with Crippen molar-refractivity contribution in [1.82, 2.24) is 4.90 Å². The zero-order chi connectivity index (χ0) is 18.0. The van der Waals surface area contributed by atoms with E-state index in [-0.39, 0.29) is 17.2 Å². The van der Waals surface area contributed by atoms with Crippen LogP contribution in [0.2, 0.25) is 0 Å². The van der Waals surface area contributed by atoms with Gasteiger partial charge in [-0.2, -0.15) is 15.8 Å².